The number of rotatable bonds is 8. The molecule has 0 bridgehead atoms. The van der Waals surface area contributed by atoms with E-state index in [1.165, 1.54) is 0 Å². The molecule has 0 saturated heterocycles. The lowest BCUT2D eigenvalue weighted by atomic mass is 10.5. The third-order valence-corrected chi connectivity index (χ3v) is 7.65. The summed E-state index contributed by atoms with van der Waals surface area (Å²) in [4.78, 5) is 0. The van der Waals surface area contributed by atoms with Crippen LogP contribution in [0.25, 0.3) is 0 Å². The van der Waals surface area contributed by atoms with Gasteiger partial charge in [-0.1, -0.05) is 17.8 Å². The number of hydrogen-bond donors (Lipinski definition) is 0. The molecule has 0 fully saturated rings. The lowest BCUT2D eigenvalue weighted by molar-refractivity contribution is 0.574. The Morgan fingerprint density at radius 2 is 1.00 bits per heavy atom. The summed E-state index contributed by atoms with van der Waals surface area (Å²) in [7, 11) is -11.9. The molecule has 0 radical (unpaired) electrons. The quantitative estimate of drug-likeness (QED) is 0.494. The first-order valence-corrected chi connectivity index (χ1v) is 10.8. The smallest absolute Gasteiger partial charge is 0.166 e. The standard InChI is InChI=1S/C12H14O6S3/c1-4-7-19(13,14)10-12(21(17,18)9-6-3)11-20(15,16)8-5-2/h1-3,12H,7-11H2. The molecule has 0 spiro atoms. The van der Waals surface area contributed by atoms with Crippen molar-refractivity contribution in [1.29, 1.82) is 0 Å². The van der Waals surface area contributed by atoms with Gasteiger partial charge in [-0.05, 0) is 0 Å². The Kier molecular flexibility index (Phi) is 6.99. The summed E-state index contributed by atoms with van der Waals surface area (Å²) < 4.78 is 70.4. The van der Waals surface area contributed by atoms with Gasteiger partial charge in [0, 0.05) is 0 Å². The van der Waals surface area contributed by atoms with Gasteiger partial charge < -0.3 is 0 Å². The molecule has 0 aliphatic heterocycles. The van der Waals surface area contributed by atoms with Gasteiger partial charge >= 0.3 is 0 Å². The fraction of sp³-hybridized carbons (Fsp3) is 0.500. The maximum atomic E-state index is 11.9. The summed E-state index contributed by atoms with van der Waals surface area (Å²) in [5.41, 5.74) is 0. The summed E-state index contributed by atoms with van der Waals surface area (Å²) in [5, 5.41) is -1.69. The minimum atomic E-state index is -4.11. The Bertz CT molecular complexity index is 748. The van der Waals surface area contributed by atoms with E-state index in [1.807, 2.05) is 17.8 Å². The van der Waals surface area contributed by atoms with E-state index in [4.69, 9.17) is 19.3 Å². The predicted molar refractivity (Wildman–Crippen MR) is 81.4 cm³/mol. The highest BCUT2D eigenvalue weighted by Gasteiger charge is 2.33. The lowest BCUT2D eigenvalue weighted by Gasteiger charge is -2.15. The van der Waals surface area contributed by atoms with E-state index in [0.29, 0.717) is 0 Å². The van der Waals surface area contributed by atoms with Crippen molar-refractivity contribution in [2.24, 2.45) is 0 Å². The minimum Gasteiger partial charge on any atom is -0.228 e. The van der Waals surface area contributed by atoms with Crippen LogP contribution in [0.2, 0.25) is 0 Å². The number of hydrogen-bond acceptors (Lipinski definition) is 6. The van der Waals surface area contributed by atoms with E-state index in [0.717, 1.165) is 0 Å². The van der Waals surface area contributed by atoms with E-state index < -0.39 is 63.5 Å². The van der Waals surface area contributed by atoms with Crippen LogP contribution in [-0.2, 0) is 29.5 Å². The van der Waals surface area contributed by atoms with Gasteiger partial charge in [0.25, 0.3) is 0 Å². The topological polar surface area (TPSA) is 102 Å². The molecule has 0 N–H and O–H groups in total. The van der Waals surface area contributed by atoms with Crippen LogP contribution in [0.3, 0.4) is 0 Å². The molecule has 0 atom stereocenters. The van der Waals surface area contributed by atoms with Crippen molar-refractivity contribution in [2.75, 3.05) is 28.8 Å². The molecule has 0 aliphatic carbocycles. The van der Waals surface area contributed by atoms with Gasteiger partial charge in [0.15, 0.2) is 29.5 Å². The van der Waals surface area contributed by atoms with Gasteiger partial charge in [-0.25, -0.2) is 25.3 Å². The molecule has 0 heterocycles. The second-order valence-electron chi connectivity index (χ2n) is 4.15. The van der Waals surface area contributed by atoms with Crippen LogP contribution >= 0.6 is 0 Å². The van der Waals surface area contributed by atoms with E-state index >= 15 is 0 Å². The van der Waals surface area contributed by atoms with E-state index in [1.54, 1.807) is 0 Å². The van der Waals surface area contributed by atoms with Crippen LogP contribution in [0, 0.1) is 37.0 Å². The van der Waals surface area contributed by atoms with Crippen molar-refractivity contribution in [3.8, 4) is 37.0 Å². The molecule has 0 saturated carbocycles. The van der Waals surface area contributed by atoms with Gasteiger partial charge in [0.1, 0.15) is 17.3 Å². The molecule has 0 aromatic carbocycles. The summed E-state index contributed by atoms with van der Waals surface area (Å²) in [5.74, 6) is 1.65. The van der Waals surface area contributed by atoms with Crippen molar-refractivity contribution in [1.82, 2.24) is 0 Å². The van der Waals surface area contributed by atoms with Gasteiger partial charge in [-0.15, -0.1) is 19.3 Å². The molecule has 6 nitrogen and oxygen atoms in total. The largest absolute Gasteiger partial charge is 0.228 e. The molecular weight excluding hydrogens is 336 g/mol. The van der Waals surface area contributed by atoms with Crippen LogP contribution in [0.1, 0.15) is 0 Å². The Morgan fingerprint density at radius 1 is 0.667 bits per heavy atom. The van der Waals surface area contributed by atoms with Crippen LogP contribution in [0.5, 0.6) is 0 Å². The first-order chi connectivity index (χ1) is 9.49. The average Bonchev–Trinajstić information content (AvgIpc) is 2.26. The summed E-state index contributed by atoms with van der Waals surface area (Å²) in [6.45, 7) is 0. The maximum absolute atomic E-state index is 11.9. The highest BCUT2D eigenvalue weighted by atomic mass is 32.2. The molecular formula is C12H14O6S3. The zero-order valence-electron chi connectivity index (χ0n) is 11.0. The van der Waals surface area contributed by atoms with Crippen molar-refractivity contribution < 1.29 is 25.3 Å². The summed E-state index contributed by atoms with van der Waals surface area (Å²) >= 11 is 0. The first-order valence-electron chi connectivity index (χ1n) is 5.42. The molecule has 9 heteroatoms. The van der Waals surface area contributed by atoms with E-state index in [-0.39, 0.29) is 0 Å². The highest BCUT2D eigenvalue weighted by molar-refractivity contribution is 7.97. The molecule has 21 heavy (non-hydrogen) atoms. The zero-order valence-corrected chi connectivity index (χ0v) is 13.5. The molecule has 0 rings (SSSR count). The van der Waals surface area contributed by atoms with Crippen LogP contribution in [0.4, 0.5) is 0 Å². The molecule has 116 valence electrons. The van der Waals surface area contributed by atoms with Crippen molar-refractivity contribution in [3.63, 3.8) is 0 Å². The molecule has 0 amide bonds. The van der Waals surface area contributed by atoms with E-state index in [2.05, 4.69) is 0 Å². The number of sulfone groups is 3. The average molecular weight is 350 g/mol. The Balaban J connectivity index is 5.60. The fourth-order valence-corrected chi connectivity index (χ4v) is 7.06. The minimum absolute atomic E-state index is 0.690. The summed E-state index contributed by atoms with van der Waals surface area (Å²) in [6.07, 6.45) is 14.7. The second-order valence-corrected chi connectivity index (χ2v) is 10.7. The van der Waals surface area contributed by atoms with Crippen molar-refractivity contribution in [2.45, 2.75) is 5.25 Å². The van der Waals surface area contributed by atoms with E-state index in [9.17, 15) is 25.3 Å². The maximum Gasteiger partial charge on any atom is 0.166 e. The Hall–Kier alpha value is -1.47. The third-order valence-electron chi connectivity index (χ3n) is 2.28. The van der Waals surface area contributed by atoms with Gasteiger partial charge in [-0.3, -0.25) is 0 Å². The predicted octanol–water partition coefficient (Wildman–Crippen LogP) is -1.50. The highest BCUT2D eigenvalue weighted by Crippen LogP contribution is 2.11. The Morgan fingerprint density at radius 3 is 1.29 bits per heavy atom. The van der Waals surface area contributed by atoms with Crippen molar-refractivity contribution in [3.05, 3.63) is 0 Å². The second kappa shape index (κ2) is 7.51. The van der Waals surface area contributed by atoms with Crippen LogP contribution in [0.15, 0.2) is 0 Å². The van der Waals surface area contributed by atoms with Gasteiger partial charge in [0.2, 0.25) is 0 Å². The SMILES string of the molecule is C#CCS(=O)(=O)CC(CS(=O)(=O)CC#C)S(=O)(=O)CC#C. The lowest BCUT2D eigenvalue weighted by Crippen LogP contribution is -2.38. The molecule has 0 aromatic heterocycles. The molecule has 0 unspecified atom stereocenters. The van der Waals surface area contributed by atoms with Crippen LogP contribution in [-0.4, -0.2) is 59.3 Å². The fourth-order valence-electron chi connectivity index (χ4n) is 1.43. The normalized spacial score (nSPS) is 12.3. The van der Waals surface area contributed by atoms with Crippen molar-refractivity contribution >= 4 is 29.5 Å². The summed E-state index contributed by atoms with van der Waals surface area (Å²) in [6, 6.07) is 0. The zero-order chi connectivity index (χ0) is 16.7. The third kappa shape index (κ3) is 7.19. The van der Waals surface area contributed by atoms with Gasteiger partial charge in [0.05, 0.1) is 16.8 Å². The van der Waals surface area contributed by atoms with Crippen LogP contribution < -0.4 is 0 Å². The first kappa shape index (κ1) is 19.5. The van der Waals surface area contributed by atoms with Gasteiger partial charge in [-0.2, -0.15) is 0 Å². The Labute approximate surface area is 126 Å². The molecule has 0 aliphatic rings. The molecule has 0 aromatic rings. The number of terminal acetylenes is 3. The monoisotopic (exact) mass is 350 g/mol.